The summed E-state index contributed by atoms with van der Waals surface area (Å²) in [6.07, 6.45) is 7.50. The summed E-state index contributed by atoms with van der Waals surface area (Å²) in [5, 5.41) is 4.42. The van der Waals surface area contributed by atoms with Gasteiger partial charge in [-0.25, -0.2) is 9.97 Å². The molecule has 0 radical (unpaired) electrons. The van der Waals surface area contributed by atoms with E-state index in [9.17, 15) is 0 Å². The van der Waals surface area contributed by atoms with Crippen molar-refractivity contribution in [3.63, 3.8) is 0 Å². The number of rotatable bonds is 4. The highest BCUT2D eigenvalue weighted by Gasteiger charge is 2.46. The summed E-state index contributed by atoms with van der Waals surface area (Å²) < 4.78 is 0. The number of likely N-dealkylation sites (N-methyl/N-ethyl adjacent to an activating group) is 1. The van der Waals surface area contributed by atoms with Gasteiger partial charge in [0.05, 0.1) is 5.39 Å². The molecule has 4 rings (SSSR count). The van der Waals surface area contributed by atoms with Gasteiger partial charge in [0.1, 0.15) is 17.8 Å². The Kier molecular flexibility index (Phi) is 3.50. The zero-order valence-corrected chi connectivity index (χ0v) is 13.2. The number of likely N-dealkylation sites (tertiary alicyclic amines) is 1. The molecule has 0 aromatic carbocycles. The minimum atomic E-state index is 0.352. The molecule has 22 heavy (non-hydrogen) atoms. The average Bonchev–Trinajstić information content (AvgIpc) is 3.25. The summed E-state index contributed by atoms with van der Waals surface area (Å²) in [5.41, 5.74) is 1.29. The van der Waals surface area contributed by atoms with Crippen LogP contribution in [0.1, 0.15) is 19.3 Å². The zero-order chi connectivity index (χ0) is 15.0. The molecule has 6 heteroatoms. The number of aromatic amines is 1. The molecule has 118 valence electrons. The Balaban J connectivity index is 1.58. The van der Waals surface area contributed by atoms with E-state index in [1.807, 2.05) is 13.2 Å². The smallest absolute Gasteiger partial charge is 0.142 e. The van der Waals surface area contributed by atoms with Crippen LogP contribution in [-0.2, 0) is 0 Å². The van der Waals surface area contributed by atoms with Crippen molar-refractivity contribution in [3.05, 3.63) is 18.6 Å². The number of fused-ring (bicyclic) bond motifs is 1. The Labute approximate surface area is 130 Å². The maximum absolute atomic E-state index is 4.57. The van der Waals surface area contributed by atoms with Gasteiger partial charge in [-0.2, -0.15) is 0 Å². The van der Waals surface area contributed by atoms with E-state index in [1.54, 1.807) is 6.33 Å². The van der Waals surface area contributed by atoms with Crippen LogP contribution in [0.5, 0.6) is 0 Å². The van der Waals surface area contributed by atoms with Crippen molar-refractivity contribution in [3.8, 4) is 0 Å². The molecular weight excluding hydrogens is 276 g/mol. The minimum absolute atomic E-state index is 0.352. The fraction of sp³-hybridized carbons (Fsp3) is 0.625. The van der Waals surface area contributed by atoms with Gasteiger partial charge in [-0.05, 0) is 38.9 Å². The predicted molar refractivity (Wildman–Crippen MR) is 88.2 cm³/mol. The van der Waals surface area contributed by atoms with E-state index in [0.717, 1.165) is 43.0 Å². The van der Waals surface area contributed by atoms with Gasteiger partial charge in [0, 0.05) is 37.9 Å². The van der Waals surface area contributed by atoms with Crippen LogP contribution >= 0.6 is 0 Å². The highest BCUT2D eigenvalue weighted by Crippen LogP contribution is 2.39. The van der Waals surface area contributed by atoms with E-state index < -0.39 is 0 Å². The number of nitrogens with one attached hydrogen (secondary N) is 2. The highest BCUT2D eigenvalue weighted by molar-refractivity contribution is 5.87. The fourth-order valence-electron chi connectivity index (χ4n) is 4.20. The van der Waals surface area contributed by atoms with Crippen LogP contribution in [-0.4, -0.2) is 65.2 Å². The third-order valence-electron chi connectivity index (χ3n) is 5.34. The van der Waals surface area contributed by atoms with E-state index in [2.05, 4.69) is 36.1 Å². The Morgan fingerprint density at radius 2 is 2.27 bits per heavy atom. The molecule has 1 spiro atoms. The lowest BCUT2D eigenvalue weighted by molar-refractivity contribution is 0.160. The Morgan fingerprint density at radius 3 is 3.18 bits per heavy atom. The van der Waals surface area contributed by atoms with Crippen LogP contribution in [0.25, 0.3) is 11.0 Å². The summed E-state index contributed by atoms with van der Waals surface area (Å²) in [7, 11) is 2.03. The van der Waals surface area contributed by atoms with Crippen LogP contribution in [0.15, 0.2) is 18.6 Å². The lowest BCUT2D eigenvalue weighted by Gasteiger charge is -2.35. The SMILES string of the molecule is CNCCN1CCCC12CCN(c1ncnc3[nH]ccc13)C2. The number of nitrogens with zero attached hydrogens (tertiary/aromatic N) is 4. The second-order valence-corrected chi connectivity index (χ2v) is 6.53. The normalized spacial score (nSPS) is 25.8. The van der Waals surface area contributed by atoms with E-state index >= 15 is 0 Å². The van der Waals surface area contributed by atoms with Crippen LogP contribution in [0.3, 0.4) is 0 Å². The topological polar surface area (TPSA) is 60.1 Å². The van der Waals surface area contributed by atoms with E-state index in [4.69, 9.17) is 0 Å². The summed E-state index contributed by atoms with van der Waals surface area (Å²) in [5.74, 6) is 1.09. The van der Waals surface area contributed by atoms with Gasteiger partial charge in [0.15, 0.2) is 0 Å². The van der Waals surface area contributed by atoms with Gasteiger partial charge in [0.2, 0.25) is 0 Å². The Hall–Kier alpha value is -1.66. The molecule has 2 aliphatic heterocycles. The first-order chi connectivity index (χ1) is 10.8. The number of aromatic nitrogens is 3. The van der Waals surface area contributed by atoms with Crippen LogP contribution in [0, 0.1) is 0 Å². The molecule has 0 amide bonds. The molecule has 2 N–H and O–H groups in total. The third-order valence-corrected chi connectivity index (χ3v) is 5.34. The fourth-order valence-corrected chi connectivity index (χ4v) is 4.20. The molecule has 2 aromatic heterocycles. The van der Waals surface area contributed by atoms with Crippen molar-refractivity contribution in [1.29, 1.82) is 0 Å². The first kappa shape index (κ1) is 14.0. The van der Waals surface area contributed by atoms with Gasteiger partial charge in [-0.15, -0.1) is 0 Å². The number of hydrogen-bond acceptors (Lipinski definition) is 5. The molecule has 1 atom stereocenters. The van der Waals surface area contributed by atoms with Crippen molar-refractivity contribution in [2.75, 3.05) is 44.7 Å². The molecule has 0 aliphatic carbocycles. The van der Waals surface area contributed by atoms with Crippen molar-refractivity contribution in [2.24, 2.45) is 0 Å². The lowest BCUT2D eigenvalue weighted by atomic mass is 9.95. The lowest BCUT2D eigenvalue weighted by Crippen LogP contribution is -2.48. The molecule has 2 saturated heterocycles. The van der Waals surface area contributed by atoms with Crippen LogP contribution < -0.4 is 10.2 Å². The largest absolute Gasteiger partial charge is 0.354 e. The molecule has 0 bridgehead atoms. The van der Waals surface area contributed by atoms with Gasteiger partial charge >= 0.3 is 0 Å². The predicted octanol–water partition coefficient (Wildman–Crippen LogP) is 1.22. The Morgan fingerprint density at radius 1 is 1.32 bits per heavy atom. The van der Waals surface area contributed by atoms with E-state index in [0.29, 0.717) is 5.54 Å². The van der Waals surface area contributed by atoms with Crippen molar-refractivity contribution in [1.82, 2.24) is 25.2 Å². The van der Waals surface area contributed by atoms with E-state index in [-0.39, 0.29) is 0 Å². The van der Waals surface area contributed by atoms with Gasteiger partial charge in [0.25, 0.3) is 0 Å². The molecule has 2 aliphatic rings. The number of hydrogen-bond donors (Lipinski definition) is 2. The van der Waals surface area contributed by atoms with E-state index in [1.165, 1.54) is 25.8 Å². The zero-order valence-electron chi connectivity index (χ0n) is 13.2. The Bertz CT molecular complexity index is 653. The van der Waals surface area contributed by atoms with Gasteiger partial charge < -0.3 is 15.2 Å². The molecular formula is C16H24N6. The quantitative estimate of drug-likeness (QED) is 0.889. The average molecular weight is 300 g/mol. The molecule has 0 saturated carbocycles. The van der Waals surface area contributed by atoms with Crippen LogP contribution in [0.4, 0.5) is 5.82 Å². The first-order valence-electron chi connectivity index (χ1n) is 8.25. The second kappa shape index (κ2) is 5.52. The molecule has 6 nitrogen and oxygen atoms in total. The molecule has 4 heterocycles. The summed E-state index contributed by atoms with van der Waals surface area (Å²) >= 11 is 0. The monoisotopic (exact) mass is 300 g/mol. The summed E-state index contributed by atoms with van der Waals surface area (Å²) in [4.78, 5) is 17.2. The standard InChI is InChI=1S/C16H24N6/c1-17-7-10-22-8-2-4-16(22)5-9-21(11-16)15-13-3-6-18-14(13)19-12-20-15/h3,6,12,17H,2,4-5,7-11H2,1H3,(H,18,19,20). The van der Waals surface area contributed by atoms with Crippen LogP contribution in [0.2, 0.25) is 0 Å². The maximum Gasteiger partial charge on any atom is 0.142 e. The second-order valence-electron chi connectivity index (χ2n) is 6.53. The first-order valence-corrected chi connectivity index (χ1v) is 8.25. The van der Waals surface area contributed by atoms with Gasteiger partial charge in [-0.3, -0.25) is 4.90 Å². The number of H-pyrrole nitrogens is 1. The third kappa shape index (κ3) is 2.18. The van der Waals surface area contributed by atoms with Crippen molar-refractivity contribution in [2.45, 2.75) is 24.8 Å². The van der Waals surface area contributed by atoms with Crippen molar-refractivity contribution < 1.29 is 0 Å². The minimum Gasteiger partial charge on any atom is -0.354 e. The summed E-state index contributed by atoms with van der Waals surface area (Å²) in [6, 6.07) is 2.09. The van der Waals surface area contributed by atoms with Crippen molar-refractivity contribution >= 4 is 16.9 Å². The highest BCUT2D eigenvalue weighted by atomic mass is 15.3. The molecule has 1 unspecified atom stereocenters. The maximum atomic E-state index is 4.57. The molecule has 2 fully saturated rings. The number of anilines is 1. The molecule has 2 aromatic rings. The van der Waals surface area contributed by atoms with Gasteiger partial charge in [-0.1, -0.05) is 0 Å². The summed E-state index contributed by atoms with van der Waals surface area (Å²) in [6.45, 7) is 5.63.